The molecular formula is C20H22N4O3. The zero-order chi connectivity index (χ0) is 19.6. The maximum atomic E-state index is 12.0. The van der Waals surface area contributed by atoms with Crippen LogP contribution in [0.2, 0.25) is 0 Å². The minimum Gasteiger partial charge on any atom is -0.484 e. The van der Waals surface area contributed by atoms with Crippen molar-refractivity contribution in [3.05, 3.63) is 59.7 Å². The first-order chi connectivity index (χ1) is 13.0. The molecule has 0 aliphatic carbocycles. The fourth-order valence-corrected chi connectivity index (χ4v) is 2.17. The lowest BCUT2D eigenvalue weighted by atomic mass is 10.1. The van der Waals surface area contributed by atoms with Crippen LogP contribution in [0.25, 0.3) is 0 Å². The van der Waals surface area contributed by atoms with Crippen LogP contribution < -0.4 is 15.4 Å². The fourth-order valence-electron chi connectivity index (χ4n) is 2.17. The van der Waals surface area contributed by atoms with Crippen LogP contribution in [-0.2, 0) is 17.8 Å². The van der Waals surface area contributed by atoms with Crippen molar-refractivity contribution in [1.82, 2.24) is 10.2 Å². The molecule has 0 radical (unpaired) electrons. The first-order valence-electron chi connectivity index (χ1n) is 8.40. The molecule has 0 fully saturated rings. The van der Waals surface area contributed by atoms with Crippen molar-refractivity contribution in [2.45, 2.75) is 13.0 Å². The summed E-state index contributed by atoms with van der Waals surface area (Å²) in [5.74, 6) is 0.441. The van der Waals surface area contributed by atoms with Crippen LogP contribution in [0.4, 0.5) is 10.5 Å². The summed E-state index contributed by atoms with van der Waals surface area (Å²) in [6, 6.07) is 16.0. The number of carbonyl (C=O) groups is 2. The molecule has 0 heterocycles. The van der Waals surface area contributed by atoms with E-state index < -0.39 is 0 Å². The van der Waals surface area contributed by atoms with E-state index in [0.717, 1.165) is 11.1 Å². The minimum atomic E-state index is -0.336. The molecule has 3 amide bonds. The Labute approximate surface area is 158 Å². The van der Waals surface area contributed by atoms with E-state index in [9.17, 15) is 9.59 Å². The summed E-state index contributed by atoms with van der Waals surface area (Å²) >= 11 is 0. The number of rotatable bonds is 7. The van der Waals surface area contributed by atoms with Gasteiger partial charge in [0.25, 0.3) is 5.91 Å². The lowest BCUT2D eigenvalue weighted by Gasteiger charge is -2.12. The molecule has 2 rings (SSSR count). The Morgan fingerprint density at radius 1 is 1.11 bits per heavy atom. The average molecular weight is 366 g/mol. The van der Waals surface area contributed by atoms with Gasteiger partial charge in [-0.15, -0.1) is 0 Å². The van der Waals surface area contributed by atoms with Crippen LogP contribution in [0.15, 0.2) is 48.5 Å². The van der Waals surface area contributed by atoms with Crippen LogP contribution >= 0.6 is 0 Å². The largest absolute Gasteiger partial charge is 0.484 e. The summed E-state index contributed by atoms with van der Waals surface area (Å²) in [6.07, 6.45) is 0.338. The smallest absolute Gasteiger partial charge is 0.319 e. The lowest BCUT2D eigenvalue weighted by Crippen LogP contribution is -2.28. The SMILES string of the molecule is CN(C)C(=O)COc1cccc(CNC(=O)Nc2ccc(CC#N)cc2)c1. The number of nitrogens with zero attached hydrogens (tertiary/aromatic N) is 2. The third-order valence-electron chi connectivity index (χ3n) is 3.71. The van der Waals surface area contributed by atoms with Crippen LogP contribution in [0, 0.1) is 11.3 Å². The Morgan fingerprint density at radius 3 is 2.52 bits per heavy atom. The van der Waals surface area contributed by atoms with Gasteiger partial charge in [-0.25, -0.2) is 4.79 Å². The number of hydrogen-bond acceptors (Lipinski definition) is 4. The van der Waals surface area contributed by atoms with E-state index >= 15 is 0 Å². The third kappa shape index (κ3) is 6.71. The van der Waals surface area contributed by atoms with Gasteiger partial charge in [-0.2, -0.15) is 5.26 Å². The summed E-state index contributed by atoms with van der Waals surface area (Å²) in [4.78, 5) is 25.0. The highest BCUT2D eigenvalue weighted by atomic mass is 16.5. The number of amides is 3. The quantitative estimate of drug-likeness (QED) is 0.787. The average Bonchev–Trinajstić information content (AvgIpc) is 2.66. The van der Waals surface area contributed by atoms with Gasteiger partial charge in [0.2, 0.25) is 0 Å². The van der Waals surface area contributed by atoms with Gasteiger partial charge in [-0.05, 0) is 35.4 Å². The molecule has 0 saturated heterocycles. The Kier molecular flexibility index (Phi) is 7.20. The number of nitriles is 1. The molecule has 7 heteroatoms. The summed E-state index contributed by atoms with van der Waals surface area (Å²) in [7, 11) is 3.34. The van der Waals surface area contributed by atoms with Crippen molar-refractivity contribution >= 4 is 17.6 Å². The van der Waals surface area contributed by atoms with E-state index in [-0.39, 0.29) is 18.5 Å². The second-order valence-electron chi connectivity index (χ2n) is 6.06. The molecule has 0 aliphatic heterocycles. The molecule has 0 atom stereocenters. The topological polar surface area (TPSA) is 94.5 Å². The maximum Gasteiger partial charge on any atom is 0.319 e. The number of urea groups is 1. The standard InChI is InChI=1S/C20H22N4O3/c1-24(2)19(25)14-27-18-5-3-4-16(12-18)13-22-20(26)23-17-8-6-15(7-9-17)10-11-21/h3-9,12H,10,13-14H2,1-2H3,(H2,22,23,26). The van der Waals surface area contributed by atoms with Gasteiger partial charge in [0.05, 0.1) is 12.5 Å². The van der Waals surface area contributed by atoms with Gasteiger partial charge in [0.1, 0.15) is 5.75 Å². The van der Waals surface area contributed by atoms with Crippen molar-refractivity contribution in [3.63, 3.8) is 0 Å². The van der Waals surface area contributed by atoms with Crippen molar-refractivity contribution in [3.8, 4) is 11.8 Å². The highest BCUT2D eigenvalue weighted by Gasteiger charge is 2.06. The van der Waals surface area contributed by atoms with Gasteiger partial charge >= 0.3 is 6.03 Å². The second kappa shape index (κ2) is 9.82. The molecule has 0 aromatic heterocycles. The van der Waals surface area contributed by atoms with Crippen molar-refractivity contribution in [2.24, 2.45) is 0 Å². The van der Waals surface area contributed by atoms with E-state index in [0.29, 0.717) is 24.4 Å². The van der Waals surface area contributed by atoms with E-state index in [4.69, 9.17) is 10.00 Å². The Bertz CT molecular complexity index is 826. The molecular weight excluding hydrogens is 344 g/mol. The second-order valence-corrected chi connectivity index (χ2v) is 6.06. The number of carbonyl (C=O) groups excluding carboxylic acids is 2. The molecule has 7 nitrogen and oxygen atoms in total. The highest BCUT2D eigenvalue weighted by Crippen LogP contribution is 2.14. The van der Waals surface area contributed by atoms with Gasteiger partial charge in [-0.3, -0.25) is 4.79 Å². The number of hydrogen-bond donors (Lipinski definition) is 2. The molecule has 0 saturated carbocycles. The van der Waals surface area contributed by atoms with Crippen molar-refractivity contribution < 1.29 is 14.3 Å². The normalized spacial score (nSPS) is 9.81. The number of nitrogens with one attached hydrogen (secondary N) is 2. The van der Waals surface area contributed by atoms with Crippen molar-refractivity contribution in [1.29, 1.82) is 5.26 Å². The number of likely N-dealkylation sites (N-methyl/N-ethyl adjacent to an activating group) is 1. The van der Waals surface area contributed by atoms with E-state index in [1.807, 2.05) is 6.07 Å². The zero-order valence-corrected chi connectivity index (χ0v) is 15.4. The zero-order valence-electron chi connectivity index (χ0n) is 15.4. The highest BCUT2D eigenvalue weighted by molar-refractivity contribution is 5.89. The summed E-state index contributed by atoms with van der Waals surface area (Å²) < 4.78 is 5.46. The Morgan fingerprint density at radius 2 is 1.85 bits per heavy atom. The van der Waals surface area contributed by atoms with Crippen LogP contribution in [0.3, 0.4) is 0 Å². The molecule has 27 heavy (non-hydrogen) atoms. The predicted molar refractivity (Wildman–Crippen MR) is 102 cm³/mol. The van der Waals surface area contributed by atoms with Gasteiger partial charge in [-0.1, -0.05) is 24.3 Å². The predicted octanol–water partition coefficient (Wildman–Crippen LogP) is 2.54. The van der Waals surface area contributed by atoms with Gasteiger partial charge < -0.3 is 20.3 Å². The monoisotopic (exact) mass is 366 g/mol. The molecule has 0 bridgehead atoms. The minimum absolute atomic E-state index is 0.0356. The molecule has 2 N–H and O–H groups in total. The number of anilines is 1. The van der Waals surface area contributed by atoms with Crippen LogP contribution in [0.1, 0.15) is 11.1 Å². The molecule has 0 spiro atoms. The number of ether oxygens (including phenoxy) is 1. The first kappa shape index (κ1) is 19.8. The number of benzene rings is 2. The van der Waals surface area contributed by atoms with Crippen LogP contribution in [-0.4, -0.2) is 37.5 Å². The Balaban J connectivity index is 1.83. The van der Waals surface area contributed by atoms with Crippen LogP contribution in [0.5, 0.6) is 5.75 Å². The van der Waals surface area contributed by atoms with E-state index in [1.54, 1.807) is 56.6 Å². The van der Waals surface area contributed by atoms with E-state index in [1.165, 1.54) is 4.90 Å². The van der Waals surface area contributed by atoms with Gasteiger partial charge in [0.15, 0.2) is 6.61 Å². The first-order valence-corrected chi connectivity index (χ1v) is 8.40. The van der Waals surface area contributed by atoms with Gasteiger partial charge in [0, 0.05) is 26.3 Å². The lowest BCUT2D eigenvalue weighted by molar-refractivity contribution is -0.130. The Hall–Kier alpha value is -3.53. The molecule has 140 valence electrons. The molecule has 0 aliphatic rings. The summed E-state index contributed by atoms with van der Waals surface area (Å²) in [5, 5.41) is 14.2. The van der Waals surface area contributed by atoms with Crippen molar-refractivity contribution in [2.75, 3.05) is 26.0 Å². The summed E-state index contributed by atoms with van der Waals surface area (Å²) in [6.45, 7) is 0.281. The maximum absolute atomic E-state index is 12.0. The fraction of sp³-hybridized carbons (Fsp3) is 0.250. The third-order valence-corrected chi connectivity index (χ3v) is 3.71. The molecule has 0 unspecified atom stereocenters. The van der Waals surface area contributed by atoms with E-state index in [2.05, 4.69) is 16.7 Å². The molecule has 2 aromatic carbocycles. The summed E-state index contributed by atoms with van der Waals surface area (Å²) in [5.41, 5.74) is 2.39. The molecule has 2 aromatic rings.